The van der Waals surface area contributed by atoms with E-state index in [1.807, 2.05) is 0 Å². The van der Waals surface area contributed by atoms with Crippen molar-refractivity contribution in [3.8, 4) is 11.5 Å². The van der Waals surface area contributed by atoms with Crippen molar-refractivity contribution in [2.75, 3.05) is 46.0 Å². The number of carbonyl (C=O) groups excluding carboxylic acids is 1. The van der Waals surface area contributed by atoms with Gasteiger partial charge in [0.25, 0.3) is 5.91 Å². The van der Waals surface area contributed by atoms with E-state index in [1.54, 1.807) is 19.0 Å². The highest BCUT2D eigenvalue weighted by molar-refractivity contribution is 7.89. The third-order valence-electron chi connectivity index (χ3n) is 5.01. The van der Waals surface area contributed by atoms with Crippen molar-refractivity contribution in [1.82, 2.24) is 19.0 Å². The molecule has 0 aromatic heterocycles. The molecule has 16 heteroatoms. The van der Waals surface area contributed by atoms with Gasteiger partial charge in [-0.05, 0) is 50.5 Å². The van der Waals surface area contributed by atoms with Gasteiger partial charge in [0.05, 0.1) is 17.2 Å². The lowest BCUT2D eigenvalue weighted by Gasteiger charge is -2.26. The average molecular weight is 597 g/mol. The first-order chi connectivity index (χ1) is 17.7. The van der Waals surface area contributed by atoms with Crippen LogP contribution in [0, 0.1) is 11.6 Å². The standard InChI is InChI=1S/C22H27ClF2N4O7S2/c1-4-28(37(32,33)12-11-27(2)3)9-10-29(15-21(30)26-31)38(34,35)18-13-19(24)22(20(25)14-18)36-17-7-5-16(23)6-8-17/h4-8,13-14,31H,1,9-12,15H2,2-3H3,(H,26,30). The van der Waals surface area contributed by atoms with E-state index in [2.05, 4.69) is 6.58 Å². The van der Waals surface area contributed by atoms with Crippen molar-refractivity contribution in [2.24, 2.45) is 0 Å². The highest BCUT2D eigenvalue weighted by atomic mass is 35.5. The number of carbonyl (C=O) groups is 1. The topological polar surface area (TPSA) is 137 Å². The molecule has 0 atom stereocenters. The van der Waals surface area contributed by atoms with Crippen LogP contribution >= 0.6 is 11.6 Å². The molecule has 1 amide bonds. The number of hydrogen-bond acceptors (Lipinski definition) is 8. The number of amides is 1. The van der Waals surface area contributed by atoms with Gasteiger partial charge in [-0.3, -0.25) is 14.3 Å². The molecule has 0 radical (unpaired) electrons. The number of hydroxylamine groups is 1. The lowest BCUT2D eigenvalue weighted by Crippen LogP contribution is -2.44. The summed E-state index contributed by atoms with van der Waals surface area (Å²) in [7, 11) is -5.35. The number of hydrogen-bond donors (Lipinski definition) is 2. The Balaban J connectivity index is 2.36. The molecule has 0 aliphatic heterocycles. The van der Waals surface area contributed by atoms with Gasteiger partial charge in [-0.15, -0.1) is 0 Å². The largest absolute Gasteiger partial charge is 0.451 e. The fourth-order valence-corrected chi connectivity index (χ4v) is 5.96. The molecule has 0 saturated carbocycles. The van der Waals surface area contributed by atoms with Crippen molar-refractivity contribution in [1.29, 1.82) is 0 Å². The van der Waals surface area contributed by atoms with Crippen LogP contribution in [0.5, 0.6) is 11.5 Å². The SMILES string of the molecule is C=CN(CCN(CC(=O)NO)S(=O)(=O)c1cc(F)c(Oc2ccc(Cl)cc2)c(F)c1)S(=O)(=O)CCN(C)C. The van der Waals surface area contributed by atoms with Crippen molar-refractivity contribution >= 4 is 37.6 Å². The van der Waals surface area contributed by atoms with Crippen LogP contribution in [-0.2, 0) is 24.8 Å². The summed E-state index contributed by atoms with van der Waals surface area (Å²) in [4.78, 5) is 12.6. The quantitative estimate of drug-likeness (QED) is 0.250. The number of nitrogens with zero attached hydrogens (tertiary/aromatic N) is 3. The van der Waals surface area contributed by atoms with Crippen molar-refractivity contribution in [3.63, 3.8) is 0 Å². The summed E-state index contributed by atoms with van der Waals surface area (Å²) in [5, 5.41) is 9.24. The number of halogens is 3. The zero-order valence-corrected chi connectivity index (χ0v) is 22.9. The molecular formula is C22H27ClF2N4O7S2. The van der Waals surface area contributed by atoms with Gasteiger partial charge in [-0.25, -0.2) is 31.1 Å². The van der Waals surface area contributed by atoms with Gasteiger partial charge in [-0.1, -0.05) is 18.2 Å². The number of benzene rings is 2. The molecule has 11 nitrogen and oxygen atoms in total. The highest BCUT2D eigenvalue weighted by Crippen LogP contribution is 2.31. The normalized spacial score (nSPS) is 12.0. The molecule has 2 rings (SSSR count). The van der Waals surface area contributed by atoms with E-state index >= 15 is 0 Å². The summed E-state index contributed by atoms with van der Waals surface area (Å²) in [6.07, 6.45) is 0.976. The zero-order valence-electron chi connectivity index (χ0n) is 20.5. The van der Waals surface area contributed by atoms with Gasteiger partial charge >= 0.3 is 0 Å². The molecule has 0 aliphatic carbocycles. The zero-order chi connectivity index (χ0) is 28.7. The van der Waals surface area contributed by atoms with Crippen LogP contribution < -0.4 is 10.2 Å². The van der Waals surface area contributed by atoms with Gasteiger partial charge in [0.1, 0.15) is 5.75 Å². The molecule has 0 heterocycles. The minimum absolute atomic E-state index is 0.0315. The van der Waals surface area contributed by atoms with Crippen LogP contribution in [0.15, 0.2) is 54.1 Å². The van der Waals surface area contributed by atoms with E-state index in [-0.39, 0.29) is 18.0 Å². The molecule has 38 heavy (non-hydrogen) atoms. The Morgan fingerprint density at radius 2 is 1.66 bits per heavy atom. The molecule has 0 saturated heterocycles. The van der Waals surface area contributed by atoms with Crippen LogP contribution in [0.25, 0.3) is 0 Å². The van der Waals surface area contributed by atoms with Crippen molar-refractivity contribution in [3.05, 3.63) is 65.8 Å². The van der Waals surface area contributed by atoms with E-state index in [0.717, 1.165) is 10.5 Å². The Kier molecular flexibility index (Phi) is 11.0. The third kappa shape index (κ3) is 8.34. The molecule has 0 unspecified atom stereocenters. The molecule has 210 valence electrons. The predicted octanol–water partition coefficient (Wildman–Crippen LogP) is 2.24. The highest BCUT2D eigenvalue weighted by Gasteiger charge is 2.31. The second kappa shape index (κ2) is 13.3. The first kappa shape index (κ1) is 31.4. The van der Waals surface area contributed by atoms with Gasteiger partial charge in [-0.2, -0.15) is 4.31 Å². The summed E-state index contributed by atoms with van der Waals surface area (Å²) in [5.41, 5.74) is 1.27. The Morgan fingerprint density at radius 3 is 2.16 bits per heavy atom. The summed E-state index contributed by atoms with van der Waals surface area (Å²) >= 11 is 5.77. The smallest absolute Gasteiger partial charge is 0.258 e. The maximum atomic E-state index is 14.8. The fraction of sp³-hybridized carbons (Fsp3) is 0.318. The van der Waals surface area contributed by atoms with Gasteiger partial charge in [0, 0.05) is 30.9 Å². The molecule has 0 aliphatic rings. The fourth-order valence-electron chi connectivity index (χ4n) is 3.00. The lowest BCUT2D eigenvalue weighted by molar-refractivity contribution is -0.129. The van der Waals surface area contributed by atoms with Crippen molar-refractivity contribution < 1.29 is 40.4 Å². The molecule has 2 aromatic rings. The summed E-state index contributed by atoms with van der Waals surface area (Å²) in [5.74, 6) is -5.03. The minimum Gasteiger partial charge on any atom is -0.451 e. The van der Waals surface area contributed by atoms with E-state index in [0.29, 0.717) is 21.5 Å². The van der Waals surface area contributed by atoms with Gasteiger partial charge < -0.3 is 9.64 Å². The first-order valence-corrected chi connectivity index (χ1v) is 14.3. The first-order valence-electron chi connectivity index (χ1n) is 10.8. The maximum absolute atomic E-state index is 14.8. The van der Waals surface area contributed by atoms with E-state index < -0.39 is 67.9 Å². The Morgan fingerprint density at radius 1 is 1.08 bits per heavy atom. The third-order valence-corrected chi connectivity index (χ3v) is 8.83. The van der Waals surface area contributed by atoms with Crippen LogP contribution in [0.2, 0.25) is 5.02 Å². The molecule has 2 aromatic carbocycles. The van der Waals surface area contributed by atoms with E-state index in [4.69, 9.17) is 21.5 Å². The number of ether oxygens (including phenoxy) is 1. The van der Waals surface area contributed by atoms with Crippen molar-refractivity contribution in [2.45, 2.75) is 4.90 Å². The predicted molar refractivity (Wildman–Crippen MR) is 136 cm³/mol. The number of nitrogens with one attached hydrogen (secondary N) is 1. The summed E-state index contributed by atoms with van der Waals surface area (Å²) < 4.78 is 87.6. The Hall–Kier alpha value is -2.82. The molecule has 0 bridgehead atoms. The van der Waals surface area contributed by atoms with E-state index in [9.17, 15) is 30.4 Å². The van der Waals surface area contributed by atoms with Crippen LogP contribution in [0.4, 0.5) is 8.78 Å². The summed E-state index contributed by atoms with van der Waals surface area (Å²) in [6.45, 7) is 1.53. The number of rotatable bonds is 14. The lowest BCUT2D eigenvalue weighted by atomic mass is 10.3. The monoisotopic (exact) mass is 596 g/mol. The Bertz CT molecular complexity index is 1340. The average Bonchev–Trinajstić information content (AvgIpc) is 2.85. The van der Waals surface area contributed by atoms with Gasteiger partial charge in [0.2, 0.25) is 20.0 Å². The van der Waals surface area contributed by atoms with Gasteiger partial charge in [0.15, 0.2) is 17.4 Å². The summed E-state index contributed by atoms with van der Waals surface area (Å²) in [6, 6.07) is 6.52. The Labute approximate surface area is 224 Å². The molecule has 0 fully saturated rings. The van der Waals surface area contributed by atoms with Crippen LogP contribution in [0.1, 0.15) is 0 Å². The van der Waals surface area contributed by atoms with Crippen LogP contribution in [0.3, 0.4) is 0 Å². The molecule has 0 spiro atoms. The second-order valence-electron chi connectivity index (χ2n) is 8.06. The minimum atomic E-state index is -4.78. The van der Waals surface area contributed by atoms with E-state index in [1.165, 1.54) is 29.7 Å². The maximum Gasteiger partial charge on any atom is 0.258 e. The molecular weight excluding hydrogens is 570 g/mol. The number of sulfonamides is 2. The molecule has 2 N–H and O–H groups in total. The van der Waals surface area contributed by atoms with Crippen LogP contribution in [-0.4, -0.2) is 87.5 Å². The second-order valence-corrected chi connectivity index (χ2v) is 12.5.